The van der Waals surface area contributed by atoms with Gasteiger partial charge in [-0.05, 0) is 42.7 Å². The Hall–Kier alpha value is -3.09. The summed E-state index contributed by atoms with van der Waals surface area (Å²) in [5.41, 5.74) is 1.48. The Morgan fingerprint density at radius 2 is 1.89 bits per heavy atom. The molecule has 1 saturated heterocycles. The first-order valence-electron chi connectivity index (χ1n) is 8.96. The molecule has 1 fully saturated rings. The van der Waals surface area contributed by atoms with Crippen LogP contribution in [0.5, 0.6) is 0 Å². The van der Waals surface area contributed by atoms with Crippen LogP contribution in [0.1, 0.15) is 30.2 Å². The van der Waals surface area contributed by atoms with Gasteiger partial charge in [-0.25, -0.2) is 4.39 Å². The zero-order valence-electron chi connectivity index (χ0n) is 14.7. The van der Waals surface area contributed by atoms with E-state index >= 15 is 0 Å². The summed E-state index contributed by atoms with van der Waals surface area (Å²) in [6.45, 7) is 1.29. The molecule has 0 saturated carbocycles. The molecule has 4 rings (SSSR count). The molecule has 138 valence electrons. The molecule has 1 aromatic carbocycles. The molecule has 27 heavy (non-hydrogen) atoms. The summed E-state index contributed by atoms with van der Waals surface area (Å²) in [4.78, 5) is 18.5. The maximum absolute atomic E-state index is 13.0. The molecule has 0 atom stereocenters. The molecular weight excluding hydrogens is 347 g/mol. The number of nitrogens with zero attached hydrogens (tertiary/aromatic N) is 4. The third kappa shape index (κ3) is 4.02. The van der Waals surface area contributed by atoms with Crippen molar-refractivity contribution in [1.82, 2.24) is 20.1 Å². The Bertz CT molecular complexity index is 903. The van der Waals surface area contributed by atoms with Gasteiger partial charge in [0.05, 0.1) is 6.42 Å². The number of hydrogen-bond donors (Lipinski definition) is 0. The van der Waals surface area contributed by atoms with Gasteiger partial charge in [-0.15, -0.1) is 10.2 Å². The van der Waals surface area contributed by atoms with Crippen molar-refractivity contribution in [3.63, 3.8) is 0 Å². The van der Waals surface area contributed by atoms with Gasteiger partial charge in [0.25, 0.3) is 5.89 Å². The summed E-state index contributed by atoms with van der Waals surface area (Å²) in [5, 5.41) is 8.25. The highest BCUT2D eigenvalue weighted by molar-refractivity contribution is 5.78. The van der Waals surface area contributed by atoms with Crippen molar-refractivity contribution in [2.45, 2.75) is 25.2 Å². The van der Waals surface area contributed by atoms with Crippen molar-refractivity contribution in [3.05, 3.63) is 65.9 Å². The normalized spacial score (nSPS) is 15.1. The zero-order valence-corrected chi connectivity index (χ0v) is 14.7. The van der Waals surface area contributed by atoms with Crippen LogP contribution in [0, 0.1) is 5.82 Å². The molecule has 0 bridgehead atoms. The minimum absolute atomic E-state index is 0.0553. The van der Waals surface area contributed by atoms with Crippen LogP contribution < -0.4 is 0 Å². The molecule has 3 aromatic rings. The van der Waals surface area contributed by atoms with E-state index < -0.39 is 0 Å². The predicted molar refractivity (Wildman–Crippen MR) is 96.2 cm³/mol. The quantitative estimate of drug-likeness (QED) is 0.709. The Balaban J connectivity index is 1.34. The highest BCUT2D eigenvalue weighted by Crippen LogP contribution is 2.29. The highest BCUT2D eigenvalue weighted by atomic mass is 19.1. The molecule has 7 heteroatoms. The van der Waals surface area contributed by atoms with Crippen LogP contribution in [0.15, 0.2) is 53.1 Å². The Morgan fingerprint density at radius 3 is 2.59 bits per heavy atom. The molecule has 0 N–H and O–H groups in total. The van der Waals surface area contributed by atoms with Gasteiger partial charge in [0.15, 0.2) is 0 Å². The number of rotatable bonds is 4. The largest absolute Gasteiger partial charge is 0.419 e. The SMILES string of the molecule is O=C(Cc1ccc(F)cc1)N1CCC(c2nnc(-c3ccccn3)o2)CC1. The number of pyridine rings is 1. The number of piperidine rings is 1. The van der Waals surface area contributed by atoms with E-state index in [9.17, 15) is 9.18 Å². The van der Waals surface area contributed by atoms with Crippen molar-refractivity contribution in [1.29, 1.82) is 0 Å². The van der Waals surface area contributed by atoms with Gasteiger partial charge in [0.2, 0.25) is 11.8 Å². The summed E-state index contributed by atoms with van der Waals surface area (Å²) >= 11 is 0. The van der Waals surface area contributed by atoms with Crippen LogP contribution in [0.4, 0.5) is 4.39 Å². The second kappa shape index (κ2) is 7.65. The first kappa shape index (κ1) is 17.3. The van der Waals surface area contributed by atoms with Gasteiger partial charge in [-0.3, -0.25) is 9.78 Å². The van der Waals surface area contributed by atoms with E-state index in [2.05, 4.69) is 15.2 Å². The Labute approximate surface area is 156 Å². The summed E-state index contributed by atoms with van der Waals surface area (Å²) in [6.07, 6.45) is 3.53. The lowest BCUT2D eigenvalue weighted by atomic mass is 9.96. The molecule has 0 unspecified atom stereocenters. The van der Waals surface area contributed by atoms with E-state index in [1.165, 1.54) is 12.1 Å². The number of hydrogen-bond acceptors (Lipinski definition) is 5. The van der Waals surface area contributed by atoms with E-state index in [4.69, 9.17) is 4.42 Å². The fourth-order valence-electron chi connectivity index (χ4n) is 3.26. The molecule has 6 nitrogen and oxygen atoms in total. The fourth-order valence-corrected chi connectivity index (χ4v) is 3.26. The van der Waals surface area contributed by atoms with E-state index in [1.807, 2.05) is 23.1 Å². The third-order valence-electron chi connectivity index (χ3n) is 4.79. The van der Waals surface area contributed by atoms with E-state index in [0.29, 0.717) is 30.6 Å². The number of carbonyl (C=O) groups excluding carboxylic acids is 1. The number of amides is 1. The van der Waals surface area contributed by atoms with Gasteiger partial charge in [0.1, 0.15) is 11.5 Å². The molecule has 0 aliphatic carbocycles. The average molecular weight is 366 g/mol. The molecule has 1 aliphatic heterocycles. The average Bonchev–Trinajstić information content (AvgIpc) is 3.21. The second-order valence-corrected chi connectivity index (χ2v) is 6.62. The monoisotopic (exact) mass is 366 g/mol. The summed E-state index contributed by atoms with van der Waals surface area (Å²) in [6, 6.07) is 11.6. The highest BCUT2D eigenvalue weighted by Gasteiger charge is 2.27. The standard InChI is InChI=1S/C20H19FN4O2/c21-16-6-4-14(5-7-16)13-18(26)25-11-8-15(9-12-25)19-23-24-20(27-19)17-3-1-2-10-22-17/h1-7,10,15H,8-9,11-13H2. The van der Waals surface area contributed by atoms with E-state index in [-0.39, 0.29) is 24.1 Å². The maximum Gasteiger partial charge on any atom is 0.266 e. The van der Waals surface area contributed by atoms with Crippen LogP contribution >= 0.6 is 0 Å². The van der Waals surface area contributed by atoms with Crippen molar-refractivity contribution >= 4 is 5.91 Å². The molecule has 3 heterocycles. The van der Waals surface area contributed by atoms with E-state index in [0.717, 1.165) is 18.4 Å². The van der Waals surface area contributed by atoms with Gasteiger partial charge in [-0.1, -0.05) is 18.2 Å². The minimum atomic E-state index is -0.295. The van der Waals surface area contributed by atoms with Crippen LogP contribution in [-0.2, 0) is 11.2 Å². The van der Waals surface area contributed by atoms with Crippen LogP contribution in [0.3, 0.4) is 0 Å². The van der Waals surface area contributed by atoms with Crippen LogP contribution in [0.2, 0.25) is 0 Å². The van der Waals surface area contributed by atoms with Crippen LogP contribution in [-0.4, -0.2) is 39.1 Å². The molecule has 1 aliphatic rings. The van der Waals surface area contributed by atoms with Crippen molar-refractivity contribution in [2.75, 3.05) is 13.1 Å². The Kier molecular flexibility index (Phi) is 4.91. The lowest BCUT2D eigenvalue weighted by molar-refractivity contribution is -0.131. The lowest BCUT2D eigenvalue weighted by Gasteiger charge is -2.30. The molecule has 1 amide bonds. The molecular formula is C20H19FN4O2. The summed E-state index contributed by atoms with van der Waals surface area (Å²) < 4.78 is 18.8. The van der Waals surface area contributed by atoms with Crippen molar-refractivity contribution in [2.24, 2.45) is 0 Å². The Morgan fingerprint density at radius 1 is 1.11 bits per heavy atom. The zero-order chi connectivity index (χ0) is 18.6. The number of halogens is 1. The first-order valence-corrected chi connectivity index (χ1v) is 8.96. The van der Waals surface area contributed by atoms with Crippen LogP contribution in [0.25, 0.3) is 11.6 Å². The minimum Gasteiger partial charge on any atom is -0.419 e. The smallest absolute Gasteiger partial charge is 0.266 e. The second-order valence-electron chi connectivity index (χ2n) is 6.62. The number of benzene rings is 1. The van der Waals surface area contributed by atoms with Gasteiger partial charge in [-0.2, -0.15) is 0 Å². The summed E-state index contributed by atoms with van der Waals surface area (Å²) in [5.74, 6) is 0.919. The maximum atomic E-state index is 13.0. The van der Waals surface area contributed by atoms with E-state index in [1.54, 1.807) is 18.3 Å². The molecule has 2 aromatic heterocycles. The number of aromatic nitrogens is 3. The predicted octanol–water partition coefficient (Wildman–Crippen LogP) is 3.22. The summed E-state index contributed by atoms with van der Waals surface area (Å²) in [7, 11) is 0. The first-order chi connectivity index (χ1) is 13.2. The third-order valence-corrected chi connectivity index (χ3v) is 4.79. The topological polar surface area (TPSA) is 72.1 Å². The van der Waals surface area contributed by atoms with Crippen molar-refractivity contribution < 1.29 is 13.6 Å². The molecule has 0 spiro atoms. The molecule has 0 radical (unpaired) electrons. The van der Waals surface area contributed by atoms with Crippen molar-refractivity contribution in [3.8, 4) is 11.6 Å². The lowest BCUT2D eigenvalue weighted by Crippen LogP contribution is -2.38. The fraction of sp³-hybridized carbons (Fsp3) is 0.300. The number of carbonyl (C=O) groups is 1. The van der Waals surface area contributed by atoms with Gasteiger partial charge in [0, 0.05) is 25.2 Å². The van der Waals surface area contributed by atoms with Gasteiger partial charge < -0.3 is 9.32 Å². The number of likely N-dealkylation sites (tertiary alicyclic amines) is 1. The van der Waals surface area contributed by atoms with Gasteiger partial charge >= 0.3 is 0 Å².